The molecule has 0 aliphatic rings. The summed E-state index contributed by atoms with van der Waals surface area (Å²) in [5.41, 5.74) is 2.59. The Kier molecular flexibility index (Phi) is 9.58. The SMILES string of the molecule is CN=C(NCCSc1ccc(C)cc1)NCc1ccsc1.I. The van der Waals surface area contributed by atoms with E-state index >= 15 is 0 Å². The van der Waals surface area contributed by atoms with E-state index in [0.29, 0.717) is 0 Å². The van der Waals surface area contributed by atoms with Crippen molar-refractivity contribution in [2.24, 2.45) is 4.99 Å². The summed E-state index contributed by atoms with van der Waals surface area (Å²) < 4.78 is 0. The molecule has 0 bridgehead atoms. The van der Waals surface area contributed by atoms with Gasteiger partial charge >= 0.3 is 0 Å². The zero-order chi connectivity index (χ0) is 14.9. The normalized spacial score (nSPS) is 10.9. The summed E-state index contributed by atoms with van der Waals surface area (Å²) in [5.74, 6) is 1.87. The van der Waals surface area contributed by atoms with Crippen LogP contribution in [0, 0.1) is 6.92 Å². The van der Waals surface area contributed by atoms with Crippen LogP contribution in [0.15, 0.2) is 51.0 Å². The number of hydrogen-bond donors (Lipinski definition) is 2. The number of nitrogens with zero attached hydrogens (tertiary/aromatic N) is 1. The van der Waals surface area contributed by atoms with E-state index in [1.165, 1.54) is 16.0 Å². The molecule has 2 N–H and O–H groups in total. The molecule has 0 saturated carbocycles. The van der Waals surface area contributed by atoms with Gasteiger partial charge in [0.2, 0.25) is 0 Å². The Hall–Kier alpha value is -0.730. The molecule has 1 aromatic heterocycles. The third kappa shape index (κ3) is 7.02. The van der Waals surface area contributed by atoms with E-state index in [2.05, 4.69) is 63.6 Å². The third-order valence-electron chi connectivity index (χ3n) is 2.95. The van der Waals surface area contributed by atoms with Crippen molar-refractivity contribution in [2.45, 2.75) is 18.4 Å². The fourth-order valence-corrected chi connectivity index (χ4v) is 3.21. The minimum atomic E-state index is 0. The Bertz CT molecular complexity index is 553. The largest absolute Gasteiger partial charge is 0.356 e. The number of nitrogens with one attached hydrogen (secondary N) is 2. The van der Waals surface area contributed by atoms with Crippen molar-refractivity contribution >= 4 is 53.0 Å². The summed E-state index contributed by atoms with van der Waals surface area (Å²) in [6.45, 7) is 3.81. The van der Waals surface area contributed by atoms with E-state index in [1.807, 2.05) is 11.8 Å². The predicted octanol–water partition coefficient (Wildman–Crippen LogP) is 4.13. The molecule has 0 saturated heterocycles. The number of benzene rings is 1. The van der Waals surface area contributed by atoms with Gasteiger partial charge in [0.25, 0.3) is 0 Å². The second-order valence-corrected chi connectivity index (χ2v) is 6.59. The van der Waals surface area contributed by atoms with Gasteiger partial charge in [0.15, 0.2) is 5.96 Å². The van der Waals surface area contributed by atoms with Crippen LogP contribution in [0.3, 0.4) is 0 Å². The number of guanidine groups is 1. The zero-order valence-electron chi connectivity index (χ0n) is 12.8. The topological polar surface area (TPSA) is 36.4 Å². The molecule has 0 aliphatic carbocycles. The molecule has 0 amide bonds. The van der Waals surface area contributed by atoms with Crippen molar-refractivity contribution in [1.82, 2.24) is 10.6 Å². The lowest BCUT2D eigenvalue weighted by atomic mass is 10.2. The highest BCUT2D eigenvalue weighted by Gasteiger charge is 1.99. The highest BCUT2D eigenvalue weighted by atomic mass is 127. The highest BCUT2D eigenvalue weighted by Crippen LogP contribution is 2.17. The maximum Gasteiger partial charge on any atom is 0.191 e. The lowest BCUT2D eigenvalue weighted by Gasteiger charge is -2.11. The van der Waals surface area contributed by atoms with Gasteiger partial charge in [-0.1, -0.05) is 17.7 Å². The van der Waals surface area contributed by atoms with E-state index in [-0.39, 0.29) is 24.0 Å². The molecular weight excluding hydrogens is 425 g/mol. The highest BCUT2D eigenvalue weighted by molar-refractivity contribution is 14.0. The number of halogens is 1. The first-order chi connectivity index (χ1) is 10.3. The van der Waals surface area contributed by atoms with Crippen LogP contribution < -0.4 is 10.6 Å². The average Bonchev–Trinajstić information content (AvgIpc) is 3.02. The molecule has 0 fully saturated rings. The molecule has 2 rings (SSSR count). The monoisotopic (exact) mass is 447 g/mol. The molecule has 0 aliphatic heterocycles. The Morgan fingerprint density at radius 1 is 1.18 bits per heavy atom. The van der Waals surface area contributed by atoms with Gasteiger partial charge in [-0.15, -0.1) is 35.7 Å². The van der Waals surface area contributed by atoms with Crippen LogP contribution in [0.1, 0.15) is 11.1 Å². The van der Waals surface area contributed by atoms with Crippen LogP contribution in [0.4, 0.5) is 0 Å². The molecule has 6 heteroatoms. The van der Waals surface area contributed by atoms with E-state index < -0.39 is 0 Å². The molecule has 22 heavy (non-hydrogen) atoms. The Morgan fingerprint density at radius 3 is 2.59 bits per heavy atom. The molecule has 1 aromatic carbocycles. The number of hydrogen-bond acceptors (Lipinski definition) is 3. The minimum absolute atomic E-state index is 0. The van der Waals surface area contributed by atoms with Crippen molar-refractivity contribution in [1.29, 1.82) is 0 Å². The number of rotatable bonds is 6. The Balaban J connectivity index is 0.00000242. The summed E-state index contributed by atoms with van der Waals surface area (Å²) in [5, 5.41) is 10.9. The van der Waals surface area contributed by atoms with Gasteiger partial charge in [-0.2, -0.15) is 11.3 Å². The summed E-state index contributed by atoms with van der Waals surface area (Å²) in [4.78, 5) is 5.54. The maximum atomic E-state index is 4.23. The third-order valence-corrected chi connectivity index (χ3v) is 4.69. The first-order valence-corrected chi connectivity index (χ1v) is 8.86. The summed E-state index contributed by atoms with van der Waals surface area (Å²) in [6, 6.07) is 10.8. The lowest BCUT2D eigenvalue weighted by Crippen LogP contribution is -2.37. The second kappa shape index (κ2) is 10.9. The van der Waals surface area contributed by atoms with Crippen LogP contribution in [-0.4, -0.2) is 25.3 Å². The van der Waals surface area contributed by atoms with E-state index in [4.69, 9.17) is 0 Å². The van der Waals surface area contributed by atoms with Crippen molar-refractivity contribution in [3.05, 3.63) is 52.2 Å². The van der Waals surface area contributed by atoms with Gasteiger partial charge in [-0.25, -0.2) is 0 Å². The van der Waals surface area contributed by atoms with Crippen LogP contribution >= 0.6 is 47.1 Å². The number of aryl methyl sites for hydroxylation is 1. The molecule has 0 spiro atoms. The van der Waals surface area contributed by atoms with Gasteiger partial charge in [0.05, 0.1) is 0 Å². The molecule has 0 radical (unpaired) electrons. The number of thiophene rings is 1. The predicted molar refractivity (Wildman–Crippen MR) is 110 cm³/mol. The number of aliphatic imine (C=N–C) groups is 1. The standard InChI is InChI=1S/C16H21N3S2.HI/c1-13-3-5-15(6-4-13)21-10-8-18-16(17-2)19-11-14-7-9-20-12-14;/h3-7,9,12H,8,10-11H2,1-2H3,(H2,17,18,19);1H. The van der Waals surface area contributed by atoms with E-state index in [0.717, 1.165) is 24.8 Å². The van der Waals surface area contributed by atoms with Gasteiger partial charge in [0, 0.05) is 30.8 Å². The molecule has 0 unspecified atom stereocenters. The first-order valence-electron chi connectivity index (χ1n) is 6.93. The van der Waals surface area contributed by atoms with E-state index in [9.17, 15) is 0 Å². The van der Waals surface area contributed by atoms with Crippen molar-refractivity contribution in [3.8, 4) is 0 Å². The van der Waals surface area contributed by atoms with Crippen LogP contribution in [0.25, 0.3) is 0 Å². The van der Waals surface area contributed by atoms with Crippen LogP contribution in [-0.2, 0) is 6.54 Å². The van der Waals surface area contributed by atoms with Gasteiger partial charge < -0.3 is 10.6 Å². The van der Waals surface area contributed by atoms with Gasteiger partial charge in [-0.3, -0.25) is 4.99 Å². The smallest absolute Gasteiger partial charge is 0.191 e. The molecule has 2 aromatic rings. The zero-order valence-corrected chi connectivity index (χ0v) is 16.8. The molecule has 0 atom stereocenters. The molecule has 1 heterocycles. The summed E-state index contributed by atoms with van der Waals surface area (Å²) in [6.07, 6.45) is 0. The van der Waals surface area contributed by atoms with Crippen molar-refractivity contribution in [2.75, 3.05) is 19.3 Å². The molecular formula is C16H22IN3S2. The quantitative estimate of drug-likeness (QED) is 0.230. The van der Waals surface area contributed by atoms with Crippen LogP contribution in [0.5, 0.6) is 0 Å². The Labute approximate surface area is 158 Å². The maximum absolute atomic E-state index is 4.23. The first kappa shape index (κ1) is 19.3. The molecule has 3 nitrogen and oxygen atoms in total. The van der Waals surface area contributed by atoms with Crippen molar-refractivity contribution < 1.29 is 0 Å². The summed E-state index contributed by atoms with van der Waals surface area (Å²) in [7, 11) is 1.80. The minimum Gasteiger partial charge on any atom is -0.356 e. The fraction of sp³-hybridized carbons (Fsp3) is 0.312. The average molecular weight is 447 g/mol. The summed E-state index contributed by atoms with van der Waals surface area (Å²) >= 11 is 3.57. The Morgan fingerprint density at radius 2 is 1.95 bits per heavy atom. The van der Waals surface area contributed by atoms with Crippen molar-refractivity contribution in [3.63, 3.8) is 0 Å². The van der Waals surface area contributed by atoms with E-state index in [1.54, 1.807) is 18.4 Å². The molecule has 120 valence electrons. The fourth-order valence-electron chi connectivity index (χ4n) is 1.77. The lowest BCUT2D eigenvalue weighted by molar-refractivity contribution is 0.835. The second-order valence-electron chi connectivity index (χ2n) is 4.65. The number of thioether (sulfide) groups is 1. The van der Waals surface area contributed by atoms with Gasteiger partial charge in [0.1, 0.15) is 0 Å². The van der Waals surface area contributed by atoms with Crippen LogP contribution in [0.2, 0.25) is 0 Å². The van der Waals surface area contributed by atoms with Gasteiger partial charge in [-0.05, 0) is 41.4 Å².